The van der Waals surface area contributed by atoms with Gasteiger partial charge in [-0.2, -0.15) is 0 Å². The summed E-state index contributed by atoms with van der Waals surface area (Å²) in [4.78, 5) is 10.5. The van der Waals surface area contributed by atoms with Crippen LogP contribution in [-0.2, 0) is 4.79 Å². The molecule has 0 aromatic rings. The van der Waals surface area contributed by atoms with Gasteiger partial charge in [-0.3, -0.25) is 0 Å². The van der Waals surface area contributed by atoms with Gasteiger partial charge in [0.1, 0.15) is 0 Å². The van der Waals surface area contributed by atoms with Gasteiger partial charge in [0.15, 0.2) is 0 Å². The Labute approximate surface area is 117 Å². The Bertz CT molecular complexity index is 246. The molecule has 0 spiro atoms. The molecule has 3 heteroatoms. The minimum absolute atomic E-state index is 0.329. The van der Waals surface area contributed by atoms with E-state index in [9.17, 15) is 4.79 Å². The second-order valence-corrected chi connectivity index (χ2v) is 5.24. The van der Waals surface area contributed by atoms with Crippen LogP contribution in [0, 0.1) is 0 Å². The first-order chi connectivity index (χ1) is 9.18. The summed E-state index contributed by atoms with van der Waals surface area (Å²) >= 11 is 0. The van der Waals surface area contributed by atoms with E-state index in [-0.39, 0.29) is 0 Å². The number of carboxylic acid groups (broad SMARTS) is 1. The summed E-state index contributed by atoms with van der Waals surface area (Å²) < 4.78 is 0. The quantitative estimate of drug-likeness (QED) is 0.387. The molecule has 0 saturated heterocycles. The predicted molar refractivity (Wildman–Crippen MR) is 79.3 cm³/mol. The van der Waals surface area contributed by atoms with E-state index in [1.54, 1.807) is 6.92 Å². The lowest BCUT2D eigenvalue weighted by molar-refractivity contribution is -0.132. The number of aliphatic carboxylic acids is 1. The molecule has 0 radical (unpaired) electrons. The van der Waals surface area contributed by atoms with Gasteiger partial charge in [0.05, 0.1) is 0 Å². The Kier molecular flexibility index (Phi) is 13.0. The van der Waals surface area contributed by atoms with Crippen molar-refractivity contribution in [2.24, 2.45) is 0 Å². The Morgan fingerprint density at radius 1 is 0.842 bits per heavy atom. The molecule has 0 rings (SSSR count). The van der Waals surface area contributed by atoms with Crippen LogP contribution in [0.1, 0.15) is 77.6 Å². The van der Waals surface area contributed by atoms with Gasteiger partial charge in [-0.05, 0) is 26.2 Å². The highest BCUT2D eigenvalue weighted by molar-refractivity contribution is 5.85. The van der Waals surface area contributed by atoms with Crippen LogP contribution in [-0.4, -0.2) is 22.8 Å². The largest absolute Gasteiger partial charge is 0.478 e. The molecular weight excluding hydrogens is 240 g/mol. The number of carbonyl (C=O) groups is 1. The molecule has 0 heterocycles. The number of allylic oxidation sites excluding steroid dienone is 1. The number of hydrogen-bond donors (Lipinski definition) is 2. The van der Waals surface area contributed by atoms with E-state index in [0.717, 1.165) is 25.7 Å². The first-order valence-corrected chi connectivity index (χ1v) is 7.69. The maximum Gasteiger partial charge on any atom is 0.330 e. The SMILES string of the molecule is CC(=CCCCCCCCCCCCCO)C(=O)O. The van der Waals surface area contributed by atoms with Crippen molar-refractivity contribution >= 4 is 5.97 Å². The number of unbranched alkanes of at least 4 members (excludes halogenated alkanes) is 10. The third-order valence-corrected chi connectivity index (χ3v) is 3.40. The smallest absolute Gasteiger partial charge is 0.330 e. The third-order valence-electron chi connectivity index (χ3n) is 3.40. The Morgan fingerprint density at radius 2 is 1.26 bits per heavy atom. The fraction of sp³-hybridized carbons (Fsp3) is 0.812. The fourth-order valence-electron chi connectivity index (χ4n) is 2.08. The molecule has 0 bridgehead atoms. The molecule has 2 N–H and O–H groups in total. The first-order valence-electron chi connectivity index (χ1n) is 7.69. The number of rotatable bonds is 13. The van der Waals surface area contributed by atoms with Gasteiger partial charge in [0.2, 0.25) is 0 Å². The van der Waals surface area contributed by atoms with Gasteiger partial charge in [-0.1, -0.05) is 57.4 Å². The van der Waals surface area contributed by atoms with Crippen LogP contribution in [0.4, 0.5) is 0 Å². The van der Waals surface area contributed by atoms with E-state index in [0.29, 0.717) is 12.2 Å². The summed E-state index contributed by atoms with van der Waals surface area (Å²) in [5, 5.41) is 17.3. The van der Waals surface area contributed by atoms with Crippen LogP contribution < -0.4 is 0 Å². The van der Waals surface area contributed by atoms with Crippen molar-refractivity contribution in [2.75, 3.05) is 6.61 Å². The summed E-state index contributed by atoms with van der Waals surface area (Å²) in [6.45, 7) is 1.98. The molecule has 0 aliphatic rings. The molecule has 0 aliphatic heterocycles. The van der Waals surface area contributed by atoms with E-state index in [1.165, 1.54) is 44.9 Å². The zero-order valence-electron chi connectivity index (χ0n) is 12.4. The zero-order chi connectivity index (χ0) is 14.3. The molecule has 0 unspecified atom stereocenters. The zero-order valence-corrected chi connectivity index (χ0v) is 12.4. The normalized spacial score (nSPS) is 11.8. The Balaban J connectivity index is 3.15. The van der Waals surface area contributed by atoms with Crippen LogP contribution in [0.3, 0.4) is 0 Å². The lowest BCUT2D eigenvalue weighted by atomic mass is 10.1. The van der Waals surface area contributed by atoms with E-state index in [2.05, 4.69) is 0 Å². The minimum atomic E-state index is -0.804. The van der Waals surface area contributed by atoms with Crippen LogP contribution in [0.5, 0.6) is 0 Å². The topological polar surface area (TPSA) is 57.5 Å². The average molecular weight is 270 g/mol. The number of hydrogen-bond acceptors (Lipinski definition) is 2. The molecule has 0 aliphatic carbocycles. The molecule has 0 saturated carbocycles. The summed E-state index contributed by atoms with van der Waals surface area (Å²) in [6.07, 6.45) is 14.8. The van der Waals surface area contributed by atoms with E-state index in [1.807, 2.05) is 6.08 Å². The number of carboxylic acids is 1. The average Bonchev–Trinajstić information content (AvgIpc) is 2.39. The van der Waals surface area contributed by atoms with Crippen LogP contribution in [0.25, 0.3) is 0 Å². The third kappa shape index (κ3) is 13.4. The van der Waals surface area contributed by atoms with Crippen molar-refractivity contribution in [3.05, 3.63) is 11.6 Å². The molecule has 0 aromatic heterocycles. The molecule has 112 valence electrons. The van der Waals surface area contributed by atoms with Gasteiger partial charge >= 0.3 is 5.97 Å². The summed E-state index contributed by atoms with van der Waals surface area (Å²) in [6, 6.07) is 0. The molecule has 0 aromatic carbocycles. The van der Waals surface area contributed by atoms with Gasteiger partial charge in [0.25, 0.3) is 0 Å². The standard InChI is InChI=1S/C16H30O3/c1-15(16(18)19)13-11-9-7-5-3-2-4-6-8-10-12-14-17/h13,17H,2-12,14H2,1H3,(H,18,19). The van der Waals surface area contributed by atoms with Gasteiger partial charge < -0.3 is 10.2 Å². The second-order valence-electron chi connectivity index (χ2n) is 5.24. The maximum atomic E-state index is 10.5. The van der Waals surface area contributed by atoms with E-state index < -0.39 is 5.97 Å². The highest BCUT2D eigenvalue weighted by Gasteiger charge is 1.97. The summed E-state index contributed by atoms with van der Waals surface area (Å²) in [7, 11) is 0. The van der Waals surface area contributed by atoms with Crippen molar-refractivity contribution in [1.29, 1.82) is 0 Å². The second kappa shape index (κ2) is 13.6. The molecule has 3 nitrogen and oxygen atoms in total. The summed E-state index contributed by atoms with van der Waals surface area (Å²) in [5.74, 6) is -0.804. The number of aliphatic hydroxyl groups is 1. The van der Waals surface area contributed by atoms with E-state index >= 15 is 0 Å². The molecular formula is C16H30O3. The van der Waals surface area contributed by atoms with Gasteiger partial charge in [0, 0.05) is 12.2 Å². The minimum Gasteiger partial charge on any atom is -0.478 e. The monoisotopic (exact) mass is 270 g/mol. The van der Waals surface area contributed by atoms with Crippen molar-refractivity contribution in [3.8, 4) is 0 Å². The van der Waals surface area contributed by atoms with Crippen LogP contribution >= 0.6 is 0 Å². The highest BCUT2D eigenvalue weighted by atomic mass is 16.4. The maximum absolute atomic E-state index is 10.5. The van der Waals surface area contributed by atoms with Gasteiger partial charge in [-0.25, -0.2) is 4.79 Å². The lowest BCUT2D eigenvalue weighted by Crippen LogP contribution is -1.95. The predicted octanol–water partition coefficient (Wildman–Crippen LogP) is 4.30. The van der Waals surface area contributed by atoms with Crippen molar-refractivity contribution in [3.63, 3.8) is 0 Å². The Morgan fingerprint density at radius 3 is 1.68 bits per heavy atom. The first kappa shape index (κ1) is 18.2. The van der Waals surface area contributed by atoms with Crippen molar-refractivity contribution in [2.45, 2.75) is 77.6 Å². The fourth-order valence-corrected chi connectivity index (χ4v) is 2.08. The van der Waals surface area contributed by atoms with Crippen LogP contribution in [0.2, 0.25) is 0 Å². The molecule has 19 heavy (non-hydrogen) atoms. The molecule has 0 amide bonds. The van der Waals surface area contributed by atoms with Gasteiger partial charge in [-0.15, -0.1) is 0 Å². The summed E-state index contributed by atoms with van der Waals surface area (Å²) in [5.41, 5.74) is 0.461. The highest BCUT2D eigenvalue weighted by Crippen LogP contribution is 2.11. The molecule has 0 atom stereocenters. The van der Waals surface area contributed by atoms with Crippen LogP contribution in [0.15, 0.2) is 11.6 Å². The molecule has 0 fully saturated rings. The number of aliphatic hydroxyl groups excluding tert-OH is 1. The Hall–Kier alpha value is -0.830. The van der Waals surface area contributed by atoms with E-state index in [4.69, 9.17) is 10.2 Å². The van der Waals surface area contributed by atoms with Crippen molar-refractivity contribution in [1.82, 2.24) is 0 Å². The lowest BCUT2D eigenvalue weighted by Gasteiger charge is -2.01. The van der Waals surface area contributed by atoms with Crippen molar-refractivity contribution < 1.29 is 15.0 Å².